The van der Waals surface area contributed by atoms with E-state index in [2.05, 4.69) is 107 Å². The average molecular weight is 554 g/mol. The van der Waals surface area contributed by atoms with Crippen molar-refractivity contribution >= 4 is 45.8 Å². The van der Waals surface area contributed by atoms with Crippen molar-refractivity contribution in [1.29, 1.82) is 0 Å². The first-order valence-corrected chi connectivity index (χ1v) is 14.2. The van der Waals surface area contributed by atoms with E-state index in [1.54, 1.807) is 7.05 Å². The number of aryl methyl sites for hydroxylation is 1. The van der Waals surface area contributed by atoms with E-state index in [0.29, 0.717) is 6.42 Å². The van der Waals surface area contributed by atoms with Gasteiger partial charge in [-0.1, -0.05) is 66.2 Å². The highest BCUT2D eigenvalue weighted by Crippen LogP contribution is 2.38. The highest BCUT2D eigenvalue weighted by Gasteiger charge is 2.16. The number of rotatable bonds is 11. The first kappa shape index (κ1) is 28.4. The van der Waals surface area contributed by atoms with Crippen LogP contribution in [0.15, 0.2) is 133 Å². The Morgan fingerprint density at radius 2 is 0.905 bits per heavy atom. The van der Waals surface area contributed by atoms with Crippen molar-refractivity contribution < 1.29 is 9.59 Å². The van der Waals surface area contributed by atoms with Gasteiger partial charge in [-0.3, -0.25) is 9.59 Å². The van der Waals surface area contributed by atoms with E-state index in [4.69, 9.17) is 0 Å². The third kappa shape index (κ3) is 6.94. The molecule has 210 valence electrons. The van der Waals surface area contributed by atoms with Gasteiger partial charge in [-0.05, 0) is 85.3 Å². The van der Waals surface area contributed by atoms with Gasteiger partial charge in [-0.25, -0.2) is 0 Å². The Balaban J connectivity index is 1.43. The number of carbonyl (C=O) groups is 2. The highest BCUT2D eigenvalue weighted by atomic mass is 16.2. The molecular weight excluding hydrogens is 518 g/mol. The van der Waals surface area contributed by atoms with Crippen LogP contribution in [-0.4, -0.2) is 18.7 Å². The molecule has 0 saturated heterocycles. The monoisotopic (exact) mass is 553 g/mol. The summed E-state index contributed by atoms with van der Waals surface area (Å²) >= 11 is 0. The maximum absolute atomic E-state index is 12.4. The molecule has 0 saturated carbocycles. The summed E-state index contributed by atoms with van der Waals surface area (Å²) in [4.78, 5) is 28.4. The summed E-state index contributed by atoms with van der Waals surface area (Å²) in [7, 11) is 1.58. The Labute approximate surface area is 248 Å². The van der Waals surface area contributed by atoms with Crippen molar-refractivity contribution in [3.63, 3.8) is 0 Å². The van der Waals surface area contributed by atoms with Crippen LogP contribution in [0, 0.1) is 6.92 Å². The molecule has 0 spiro atoms. The lowest BCUT2D eigenvalue weighted by Crippen LogP contribution is -2.19. The lowest BCUT2D eigenvalue weighted by atomic mass is 10.0. The fourth-order valence-electron chi connectivity index (χ4n) is 4.95. The summed E-state index contributed by atoms with van der Waals surface area (Å²) in [5.74, 6) is -0.0626. The van der Waals surface area contributed by atoms with Gasteiger partial charge in [0, 0.05) is 60.4 Å². The number of nitrogens with one attached hydrogen (secondary N) is 1. The molecule has 42 heavy (non-hydrogen) atoms. The molecule has 0 atom stereocenters. The Morgan fingerprint density at radius 1 is 0.524 bits per heavy atom. The highest BCUT2D eigenvalue weighted by molar-refractivity contribution is 5.86. The number of benzene rings is 5. The number of anilines is 6. The molecule has 5 aromatic rings. The fourth-order valence-corrected chi connectivity index (χ4v) is 4.95. The van der Waals surface area contributed by atoms with Crippen molar-refractivity contribution in [2.75, 3.05) is 16.8 Å². The lowest BCUT2D eigenvalue weighted by Gasteiger charge is -2.28. The molecule has 1 amide bonds. The summed E-state index contributed by atoms with van der Waals surface area (Å²) in [5, 5.41) is 2.56. The van der Waals surface area contributed by atoms with E-state index < -0.39 is 0 Å². The van der Waals surface area contributed by atoms with E-state index in [0.717, 1.165) is 39.7 Å². The van der Waals surface area contributed by atoms with Gasteiger partial charge in [-0.15, -0.1) is 0 Å². The fraction of sp³-hybridized carbons (Fsp3) is 0.135. The van der Waals surface area contributed by atoms with Crippen LogP contribution in [0.3, 0.4) is 0 Å². The standard InChI is InChI=1S/C37H35N3O2/c1-28-13-17-32(18-14-28)39(30-9-5-3-6-10-30)34-21-23-35(24-22-34)40(31-11-7-4-8-12-31)33-19-15-29(16-20-33)27-36(41)25-26-37(42)38-2/h3-24H,25-27H2,1-2H3,(H,38,42). The van der Waals surface area contributed by atoms with Crippen molar-refractivity contribution in [3.8, 4) is 0 Å². The normalized spacial score (nSPS) is 10.6. The predicted molar refractivity (Wildman–Crippen MR) is 173 cm³/mol. The first-order valence-electron chi connectivity index (χ1n) is 14.2. The Kier molecular flexibility index (Phi) is 9.10. The smallest absolute Gasteiger partial charge is 0.220 e. The van der Waals surface area contributed by atoms with Crippen LogP contribution in [0.25, 0.3) is 0 Å². The molecule has 0 aliphatic heterocycles. The van der Waals surface area contributed by atoms with Crippen LogP contribution in [-0.2, 0) is 16.0 Å². The van der Waals surface area contributed by atoms with Gasteiger partial charge in [0.2, 0.25) is 5.91 Å². The number of hydrogen-bond donors (Lipinski definition) is 1. The second-order valence-electron chi connectivity index (χ2n) is 10.2. The number of carbonyl (C=O) groups excluding carboxylic acids is 2. The zero-order valence-corrected chi connectivity index (χ0v) is 24.0. The van der Waals surface area contributed by atoms with Crippen LogP contribution in [0.5, 0.6) is 0 Å². The maximum Gasteiger partial charge on any atom is 0.220 e. The zero-order valence-electron chi connectivity index (χ0n) is 24.0. The average Bonchev–Trinajstić information content (AvgIpc) is 3.03. The number of para-hydroxylation sites is 2. The third-order valence-electron chi connectivity index (χ3n) is 7.19. The molecule has 5 heteroatoms. The predicted octanol–water partition coefficient (Wildman–Crippen LogP) is 8.57. The Morgan fingerprint density at radius 3 is 1.33 bits per heavy atom. The molecule has 0 aliphatic rings. The van der Waals surface area contributed by atoms with E-state index in [9.17, 15) is 9.59 Å². The molecule has 0 bridgehead atoms. The quantitative estimate of drug-likeness (QED) is 0.178. The van der Waals surface area contributed by atoms with Crippen LogP contribution < -0.4 is 15.1 Å². The third-order valence-corrected chi connectivity index (χ3v) is 7.19. The molecular formula is C37H35N3O2. The number of Topliss-reactive ketones (excluding diaryl/α,β-unsaturated/α-hetero) is 1. The molecule has 0 radical (unpaired) electrons. The molecule has 5 nitrogen and oxygen atoms in total. The van der Waals surface area contributed by atoms with Gasteiger partial charge in [0.25, 0.3) is 0 Å². The minimum absolute atomic E-state index is 0.0541. The molecule has 0 aromatic heterocycles. The van der Waals surface area contributed by atoms with Crippen LogP contribution in [0.1, 0.15) is 24.0 Å². The van der Waals surface area contributed by atoms with Crippen molar-refractivity contribution in [1.82, 2.24) is 5.32 Å². The molecule has 5 aromatic carbocycles. The number of hydrogen-bond acceptors (Lipinski definition) is 4. The lowest BCUT2D eigenvalue weighted by molar-refractivity contribution is -0.124. The van der Waals surface area contributed by atoms with Gasteiger partial charge in [0.05, 0.1) is 0 Å². The van der Waals surface area contributed by atoms with E-state index in [1.165, 1.54) is 5.56 Å². The molecule has 5 rings (SSSR count). The van der Waals surface area contributed by atoms with Crippen LogP contribution in [0.4, 0.5) is 34.1 Å². The molecule has 0 fully saturated rings. The van der Waals surface area contributed by atoms with Gasteiger partial charge in [0.1, 0.15) is 5.78 Å². The summed E-state index contributed by atoms with van der Waals surface area (Å²) < 4.78 is 0. The van der Waals surface area contributed by atoms with Crippen molar-refractivity contribution in [2.45, 2.75) is 26.2 Å². The largest absolute Gasteiger partial charge is 0.359 e. The molecule has 1 N–H and O–H groups in total. The van der Waals surface area contributed by atoms with E-state index in [-0.39, 0.29) is 24.5 Å². The van der Waals surface area contributed by atoms with E-state index >= 15 is 0 Å². The second kappa shape index (κ2) is 13.5. The van der Waals surface area contributed by atoms with Crippen LogP contribution >= 0.6 is 0 Å². The Bertz CT molecular complexity index is 1600. The Hall–Kier alpha value is -5.16. The number of amides is 1. The summed E-state index contributed by atoms with van der Waals surface area (Å²) in [6.45, 7) is 2.10. The summed E-state index contributed by atoms with van der Waals surface area (Å²) in [5.41, 5.74) is 8.46. The zero-order chi connectivity index (χ0) is 29.3. The maximum atomic E-state index is 12.4. The van der Waals surface area contributed by atoms with E-state index in [1.807, 2.05) is 48.5 Å². The summed E-state index contributed by atoms with van der Waals surface area (Å²) in [6, 6.07) is 45.9. The number of ketones is 1. The van der Waals surface area contributed by atoms with Crippen molar-refractivity contribution in [2.24, 2.45) is 0 Å². The summed E-state index contributed by atoms with van der Waals surface area (Å²) in [6.07, 6.45) is 0.773. The minimum atomic E-state index is -0.117. The molecule has 0 unspecified atom stereocenters. The van der Waals surface area contributed by atoms with Crippen molar-refractivity contribution in [3.05, 3.63) is 145 Å². The molecule has 0 aliphatic carbocycles. The molecule has 0 heterocycles. The topological polar surface area (TPSA) is 52.7 Å². The SMILES string of the molecule is CNC(=O)CCC(=O)Cc1ccc(N(c2ccccc2)c2ccc(N(c3ccccc3)c3ccc(C)cc3)cc2)cc1. The number of nitrogens with zero attached hydrogens (tertiary/aromatic N) is 2. The second-order valence-corrected chi connectivity index (χ2v) is 10.2. The van der Waals surface area contributed by atoms with Gasteiger partial charge in [-0.2, -0.15) is 0 Å². The minimum Gasteiger partial charge on any atom is -0.359 e. The first-order chi connectivity index (χ1) is 20.5. The van der Waals surface area contributed by atoms with Gasteiger partial charge in [0.15, 0.2) is 0 Å². The van der Waals surface area contributed by atoms with Gasteiger partial charge >= 0.3 is 0 Å². The van der Waals surface area contributed by atoms with Gasteiger partial charge < -0.3 is 15.1 Å². The van der Waals surface area contributed by atoms with Crippen LogP contribution in [0.2, 0.25) is 0 Å².